The minimum absolute atomic E-state index is 0.0360. The molecule has 100 valence electrons. The Labute approximate surface area is 107 Å². The first-order valence-electron chi connectivity index (χ1n) is 6.23. The van der Waals surface area contributed by atoms with Crippen molar-refractivity contribution in [3.63, 3.8) is 0 Å². The van der Waals surface area contributed by atoms with E-state index < -0.39 is 10.8 Å². The molecule has 0 aromatic carbocycles. The molecule has 0 radical (unpaired) electrons. The molecular weight excluding hydrogens is 232 g/mol. The second-order valence-corrected chi connectivity index (χ2v) is 5.94. The van der Waals surface area contributed by atoms with E-state index in [4.69, 9.17) is 0 Å². The quantitative estimate of drug-likeness (QED) is 0.617. The molecule has 4 nitrogen and oxygen atoms in total. The summed E-state index contributed by atoms with van der Waals surface area (Å²) in [4.78, 5) is 47.8. The molecule has 0 atom stereocenters. The molecule has 0 aromatic heterocycles. The molecule has 1 aliphatic rings. The van der Waals surface area contributed by atoms with Gasteiger partial charge in [0, 0.05) is 25.7 Å². The summed E-state index contributed by atoms with van der Waals surface area (Å²) in [6.07, 6.45) is 0.144. The summed E-state index contributed by atoms with van der Waals surface area (Å²) in [5.41, 5.74) is -2.16. The highest BCUT2D eigenvalue weighted by molar-refractivity contribution is 6.12. The highest BCUT2D eigenvalue weighted by Crippen LogP contribution is 2.30. The Balaban J connectivity index is 3.04. The van der Waals surface area contributed by atoms with Gasteiger partial charge in [0.15, 0.2) is 0 Å². The van der Waals surface area contributed by atoms with Crippen LogP contribution in [0.4, 0.5) is 0 Å². The molecule has 18 heavy (non-hydrogen) atoms. The Hall–Kier alpha value is -1.32. The van der Waals surface area contributed by atoms with Crippen molar-refractivity contribution in [1.29, 1.82) is 0 Å². The number of hydrogen-bond donors (Lipinski definition) is 0. The largest absolute Gasteiger partial charge is 0.299 e. The van der Waals surface area contributed by atoms with Gasteiger partial charge in [-0.25, -0.2) is 0 Å². The van der Waals surface area contributed by atoms with Crippen LogP contribution in [0.25, 0.3) is 0 Å². The third kappa shape index (κ3) is 2.57. The van der Waals surface area contributed by atoms with Crippen molar-refractivity contribution >= 4 is 23.1 Å². The van der Waals surface area contributed by atoms with E-state index in [9.17, 15) is 19.2 Å². The molecule has 0 N–H and O–H groups in total. The maximum absolute atomic E-state index is 11.9. The second-order valence-electron chi connectivity index (χ2n) is 5.94. The summed E-state index contributed by atoms with van der Waals surface area (Å²) in [5.74, 6) is -0.867. The fraction of sp³-hybridized carbons (Fsp3) is 0.714. The Kier molecular flexibility index (Phi) is 3.89. The van der Waals surface area contributed by atoms with Crippen LogP contribution in [-0.2, 0) is 19.2 Å². The standard InChI is InChI=1S/C14H20O4/c1-13(2)9(15)5-7-11(17)14(3,4)12(18)8-6-10(13)16/h5-8H2,1-4H3. The number of Topliss-reactive ketones (excluding diaryl/α,β-unsaturated/α-hetero) is 4. The van der Waals surface area contributed by atoms with Crippen molar-refractivity contribution < 1.29 is 19.2 Å². The first-order chi connectivity index (χ1) is 8.10. The van der Waals surface area contributed by atoms with Gasteiger partial charge in [-0.2, -0.15) is 0 Å². The van der Waals surface area contributed by atoms with Crippen molar-refractivity contribution in [2.45, 2.75) is 53.4 Å². The fourth-order valence-electron chi connectivity index (χ4n) is 2.02. The molecule has 0 aromatic rings. The Bertz CT molecular complexity index is 340. The lowest BCUT2D eigenvalue weighted by atomic mass is 9.73. The second kappa shape index (κ2) is 4.75. The van der Waals surface area contributed by atoms with Gasteiger partial charge in [-0.1, -0.05) is 0 Å². The van der Waals surface area contributed by atoms with Crippen molar-refractivity contribution in [2.24, 2.45) is 10.8 Å². The SMILES string of the molecule is CC1(C)C(=O)CCC(=O)C(C)(C)C(=O)CCC1=O. The summed E-state index contributed by atoms with van der Waals surface area (Å²) in [7, 11) is 0. The first kappa shape index (κ1) is 14.7. The third-order valence-electron chi connectivity index (χ3n) is 3.95. The molecular formula is C14H20O4. The minimum Gasteiger partial charge on any atom is -0.299 e. The number of ketones is 4. The summed E-state index contributed by atoms with van der Waals surface area (Å²) >= 11 is 0. The molecule has 0 amide bonds. The van der Waals surface area contributed by atoms with E-state index in [0.29, 0.717) is 0 Å². The predicted molar refractivity (Wildman–Crippen MR) is 66.1 cm³/mol. The van der Waals surface area contributed by atoms with Crippen LogP contribution in [-0.4, -0.2) is 23.1 Å². The zero-order valence-electron chi connectivity index (χ0n) is 11.5. The summed E-state index contributed by atoms with van der Waals surface area (Å²) < 4.78 is 0. The predicted octanol–water partition coefficient (Wildman–Crippen LogP) is 1.89. The van der Waals surface area contributed by atoms with E-state index in [0.717, 1.165) is 0 Å². The smallest absolute Gasteiger partial charge is 0.146 e. The first-order valence-corrected chi connectivity index (χ1v) is 6.23. The molecule has 1 aliphatic carbocycles. The molecule has 0 bridgehead atoms. The van der Waals surface area contributed by atoms with E-state index >= 15 is 0 Å². The van der Waals surface area contributed by atoms with Crippen LogP contribution >= 0.6 is 0 Å². The van der Waals surface area contributed by atoms with E-state index in [2.05, 4.69) is 0 Å². The normalized spacial score (nSPS) is 25.1. The molecule has 0 aliphatic heterocycles. The molecule has 0 unspecified atom stereocenters. The molecule has 1 fully saturated rings. The lowest BCUT2D eigenvalue weighted by Crippen LogP contribution is -2.39. The maximum Gasteiger partial charge on any atom is 0.146 e. The van der Waals surface area contributed by atoms with E-state index in [1.807, 2.05) is 0 Å². The summed E-state index contributed by atoms with van der Waals surface area (Å²) in [6.45, 7) is 6.28. The zero-order chi connectivity index (χ0) is 14.1. The zero-order valence-corrected chi connectivity index (χ0v) is 11.5. The van der Waals surface area contributed by atoms with Crippen LogP contribution in [0.1, 0.15) is 53.4 Å². The van der Waals surface area contributed by atoms with Gasteiger partial charge in [0.2, 0.25) is 0 Å². The number of carbonyl (C=O) groups is 4. The van der Waals surface area contributed by atoms with Crippen LogP contribution in [0.3, 0.4) is 0 Å². The Morgan fingerprint density at radius 2 is 0.722 bits per heavy atom. The van der Waals surface area contributed by atoms with Crippen LogP contribution < -0.4 is 0 Å². The topological polar surface area (TPSA) is 68.3 Å². The van der Waals surface area contributed by atoms with Crippen molar-refractivity contribution in [2.75, 3.05) is 0 Å². The Morgan fingerprint density at radius 1 is 0.556 bits per heavy atom. The molecule has 0 spiro atoms. The third-order valence-corrected chi connectivity index (χ3v) is 3.95. The van der Waals surface area contributed by atoms with E-state index in [1.54, 1.807) is 27.7 Å². The average Bonchev–Trinajstić information content (AvgIpc) is 2.30. The van der Waals surface area contributed by atoms with Crippen LogP contribution in [0, 0.1) is 10.8 Å². The van der Waals surface area contributed by atoms with Gasteiger partial charge in [0.1, 0.15) is 23.1 Å². The van der Waals surface area contributed by atoms with Crippen LogP contribution in [0.2, 0.25) is 0 Å². The number of hydrogen-bond acceptors (Lipinski definition) is 4. The summed E-state index contributed by atoms with van der Waals surface area (Å²) in [5, 5.41) is 0. The van der Waals surface area contributed by atoms with Gasteiger partial charge in [0.25, 0.3) is 0 Å². The van der Waals surface area contributed by atoms with E-state index in [-0.39, 0.29) is 48.8 Å². The van der Waals surface area contributed by atoms with Crippen LogP contribution in [0.5, 0.6) is 0 Å². The van der Waals surface area contributed by atoms with E-state index in [1.165, 1.54) is 0 Å². The molecule has 4 heteroatoms. The highest BCUT2D eigenvalue weighted by atomic mass is 16.2. The van der Waals surface area contributed by atoms with Crippen molar-refractivity contribution in [3.05, 3.63) is 0 Å². The molecule has 0 heterocycles. The lowest BCUT2D eigenvalue weighted by Gasteiger charge is -2.27. The lowest BCUT2D eigenvalue weighted by molar-refractivity contribution is -0.145. The van der Waals surface area contributed by atoms with Crippen molar-refractivity contribution in [3.8, 4) is 0 Å². The maximum atomic E-state index is 11.9. The summed E-state index contributed by atoms with van der Waals surface area (Å²) in [6, 6.07) is 0. The Morgan fingerprint density at radius 3 is 0.889 bits per heavy atom. The molecule has 1 rings (SSSR count). The monoisotopic (exact) mass is 252 g/mol. The molecule has 0 saturated heterocycles. The van der Waals surface area contributed by atoms with Gasteiger partial charge in [-0.3, -0.25) is 19.2 Å². The van der Waals surface area contributed by atoms with Gasteiger partial charge in [-0.05, 0) is 27.7 Å². The van der Waals surface area contributed by atoms with Gasteiger partial charge < -0.3 is 0 Å². The fourth-order valence-corrected chi connectivity index (χ4v) is 2.02. The minimum atomic E-state index is -1.08. The number of carbonyl (C=O) groups excluding carboxylic acids is 4. The van der Waals surface area contributed by atoms with Gasteiger partial charge in [-0.15, -0.1) is 0 Å². The highest BCUT2D eigenvalue weighted by Gasteiger charge is 2.41. The van der Waals surface area contributed by atoms with Crippen LogP contribution in [0.15, 0.2) is 0 Å². The number of rotatable bonds is 0. The van der Waals surface area contributed by atoms with Gasteiger partial charge >= 0.3 is 0 Å². The van der Waals surface area contributed by atoms with Gasteiger partial charge in [0.05, 0.1) is 10.8 Å². The van der Waals surface area contributed by atoms with Crippen molar-refractivity contribution in [1.82, 2.24) is 0 Å². The average molecular weight is 252 g/mol. The molecule has 1 saturated carbocycles.